The van der Waals surface area contributed by atoms with Gasteiger partial charge in [-0.2, -0.15) is 0 Å². The highest BCUT2D eigenvalue weighted by Crippen LogP contribution is 2.36. The maximum Gasteiger partial charge on any atom is 0.234 e. The summed E-state index contributed by atoms with van der Waals surface area (Å²) in [6, 6.07) is 20.2. The molecule has 0 aliphatic carbocycles. The minimum Gasteiger partial charge on any atom is -0.378 e. The van der Waals surface area contributed by atoms with E-state index in [1.54, 1.807) is 0 Å². The van der Waals surface area contributed by atoms with Crippen LogP contribution in [0.2, 0.25) is 0 Å². The molecule has 6 nitrogen and oxygen atoms in total. The molecule has 0 saturated carbocycles. The summed E-state index contributed by atoms with van der Waals surface area (Å²) in [5, 5.41) is 9.32. The fraction of sp³-hybridized carbons (Fsp3) is 0.217. The van der Waals surface area contributed by atoms with E-state index in [2.05, 4.69) is 32.7 Å². The van der Waals surface area contributed by atoms with Crippen LogP contribution in [0.3, 0.4) is 0 Å². The van der Waals surface area contributed by atoms with Gasteiger partial charge in [-0.1, -0.05) is 36.0 Å². The molecule has 3 aromatic rings. The van der Waals surface area contributed by atoms with E-state index in [-0.39, 0.29) is 11.7 Å². The normalized spacial score (nSPS) is 15.5. The lowest BCUT2D eigenvalue weighted by Gasteiger charge is -2.28. The summed E-state index contributed by atoms with van der Waals surface area (Å²) in [7, 11) is 0. The third-order valence-electron chi connectivity index (χ3n) is 5.21. The van der Waals surface area contributed by atoms with Gasteiger partial charge in [0, 0.05) is 29.9 Å². The van der Waals surface area contributed by atoms with Crippen molar-refractivity contribution in [2.24, 2.45) is 4.99 Å². The van der Waals surface area contributed by atoms with E-state index in [9.17, 15) is 4.79 Å². The maximum absolute atomic E-state index is 12.4. The first kappa shape index (κ1) is 19.0. The summed E-state index contributed by atoms with van der Waals surface area (Å²) >= 11 is 1.40. The summed E-state index contributed by atoms with van der Waals surface area (Å²) in [4.78, 5) is 19.4. The number of amides is 1. The first-order chi connectivity index (χ1) is 14.8. The predicted molar refractivity (Wildman–Crippen MR) is 125 cm³/mol. The number of ether oxygens (including phenoxy) is 1. The zero-order valence-electron chi connectivity index (χ0n) is 16.4. The van der Waals surface area contributed by atoms with Crippen LogP contribution in [0.1, 0.15) is 0 Å². The number of carbonyl (C=O) groups is 1. The van der Waals surface area contributed by atoms with Gasteiger partial charge in [-0.25, -0.2) is 4.99 Å². The lowest BCUT2D eigenvalue weighted by Crippen LogP contribution is -2.36. The number of benzene rings is 3. The van der Waals surface area contributed by atoms with Gasteiger partial charge in [-0.3, -0.25) is 4.79 Å². The van der Waals surface area contributed by atoms with E-state index in [1.807, 2.05) is 48.5 Å². The molecule has 0 unspecified atom stereocenters. The summed E-state index contributed by atoms with van der Waals surface area (Å²) < 4.78 is 5.39. The Hall–Kier alpha value is -3.03. The van der Waals surface area contributed by atoms with Crippen LogP contribution in [0.5, 0.6) is 0 Å². The molecule has 1 fully saturated rings. The molecule has 152 valence electrons. The molecule has 0 atom stereocenters. The van der Waals surface area contributed by atoms with E-state index >= 15 is 0 Å². The quantitative estimate of drug-likeness (QED) is 0.655. The Bertz CT molecular complexity index is 1100. The first-order valence-electron chi connectivity index (χ1n) is 9.99. The molecule has 2 heterocycles. The second-order valence-electron chi connectivity index (χ2n) is 7.21. The molecular weight excluding hydrogens is 396 g/mol. The Morgan fingerprint density at radius 1 is 1.07 bits per heavy atom. The molecule has 0 aromatic heterocycles. The van der Waals surface area contributed by atoms with Crippen molar-refractivity contribution < 1.29 is 9.53 Å². The number of nitrogens with zero attached hydrogens (tertiary/aromatic N) is 2. The predicted octanol–water partition coefficient (Wildman–Crippen LogP) is 4.46. The van der Waals surface area contributed by atoms with Gasteiger partial charge in [-0.05, 0) is 41.8 Å². The third kappa shape index (κ3) is 3.99. The van der Waals surface area contributed by atoms with Gasteiger partial charge in [-0.15, -0.1) is 0 Å². The van der Waals surface area contributed by atoms with Crippen molar-refractivity contribution >= 4 is 56.4 Å². The topological polar surface area (TPSA) is 66.0 Å². The summed E-state index contributed by atoms with van der Waals surface area (Å²) in [5.74, 6) is 0.232. The molecule has 30 heavy (non-hydrogen) atoms. The average molecular weight is 419 g/mol. The van der Waals surface area contributed by atoms with Crippen molar-refractivity contribution in [2.75, 3.05) is 47.6 Å². The van der Waals surface area contributed by atoms with Crippen LogP contribution in [0.15, 0.2) is 65.7 Å². The fourth-order valence-corrected chi connectivity index (χ4v) is 4.43. The first-order valence-corrected chi connectivity index (χ1v) is 11.0. The van der Waals surface area contributed by atoms with Gasteiger partial charge in [0.15, 0.2) is 5.17 Å². The van der Waals surface area contributed by atoms with Crippen LogP contribution in [-0.4, -0.2) is 43.1 Å². The van der Waals surface area contributed by atoms with Gasteiger partial charge < -0.3 is 20.3 Å². The summed E-state index contributed by atoms with van der Waals surface area (Å²) in [6.07, 6.45) is 0. The Balaban J connectivity index is 1.19. The molecule has 1 amide bonds. The highest BCUT2D eigenvalue weighted by molar-refractivity contribution is 8.14. The average Bonchev–Trinajstić information content (AvgIpc) is 2.79. The standard InChI is InChI=1S/C23H22N4O2S/c28-21(24-17-7-9-18(10-8-17)27-11-13-29-14-12-27)15-30-23-25-19-5-1-3-16-4-2-6-20(26-23)22(16)19/h1-10H,11-15H2,(H,24,28)(H,25,26). The number of rotatable bonds is 4. The number of amidine groups is 1. The molecule has 2 aliphatic rings. The second kappa shape index (κ2) is 8.38. The third-order valence-corrected chi connectivity index (χ3v) is 6.09. The molecule has 3 aromatic carbocycles. The summed E-state index contributed by atoms with van der Waals surface area (Å²) in [5.41, 5.74) is 3.91. The maximum atomic E-state index is 12.4. The number of nitrogens with one attached hydrogen (secondary N) is 2. The lowest BCUT2D eigenvalue weighted by atomic mass is 10.1. The van der Waals surface area contributed by atoms with E-state index in [4.69, 9.17) is 4.74 Å². The zero-order chi connectivity index (χ0) is 20.3. The fourth-order valence-electron chi connectivity index (χ4n) is 3.75. The van der Waals surface area contributed by atoms with Crippen molar-refractivity contribution in [3.63, 3.8) is 0 Å². The molecule has 2 aliphatic heterocycles. The van der Waals surface area contributed by atoms with Crippen molar-refractivity contribution in [1.82, 2.24) is 0 Å². The number of aliphatic imine (C=N–C) groups is 1. The number of anilines is 3. The number of thioether (sulfide) groups is 1. The van der Waals surface area contributed by atoms with Crippen LogP contribution < -0.4 is 15.5 Å². The zero-order valence-corrected chi connectivity index (χ0v) is 17.2. The van der Waals surface area contributed by atoms with Gasteiger partial charge in [0.05, 0.1) is 30.3 Å². The smallest absolute Gasteiger partial charge is 0.234 e. The summed E-state index contributed by atoms with van der Waals surface area (Å²) in [6.45, 7) is 3.31. The Morgan fingerprint density at radius 3 is 2.63 bits per heavy atom. The van der Waals surface area contributed by atoms with Crippen molar-refractivity contribution in [2.45, 2.75) is 0 Å². The van der Waals surface area contributed by atoms with Gasteiger partial charge in [0.25, 0.3) is 0 Å². The molecule has 2 N–H and O–H groups in total. The minimum absolute atomic E-state index is 0.0549. The van der Waals surface area contributed by atoms with Crippen molar-refractivity contribution in [1.29, 1.82) is 0 Å². The Labute approximate surface area is 179 Å². The van der Waals surface area contributed by atoms with Crippen LogP contribution in [0, 0.1) is 0 Å². The SMILES string of the molecule is O=C(CSC1=Nc2cccc3cccc(c23)N1)Nc1ccc(N2CCOCC2)cc1. The van der Waals surface area contributed by atoms with Crippen LogP contribution in [0.25, 0.3) is 10.8 Å². The van der Waals surface area contributed by atoms with Gasteiger partial charge in [0.1, 0.15) is 0 Å². The molecule has 5 rings (SSSR count). The van der Waals surface area contributed by atoms with Crippen LogP contribution in [0.4, 0.5) is 22.7 Å². The number of hydrogen-bond acceptors (Lipinski definition) is 6. The number of carbonyl (C=O) groups excluding carboxylic acids is 1. The number of morpholine rings is 1. The van der Waals surface area contributed by atoms with E-state index in [1.165, 1.54) is 11.8 Å². The van der Waals surface area contributed by atoms with Gasteiger partial charge in [0.2, 0.25) is 5.91 Å². The van der Waals surface area contributed by atoms with E-state index in [0.717, 1.165) is 65.0 Å². The Morgan fingerprint density at radius 2 is 1.83 bits per heavy atom. The highest BCUT2D eigenvalue weighted by atomic mass is 32.2. The largest absolute Gasteiger partial charge is 0.378 e. The second-order valence-corrected chi connectivity index (χ2v) is 8.17. The minimum atomic E-state index is -0.0549. The van der Waals surface area contributed by atoms with Gasteiger partial charge >= 0.3 is 0 Å². The molecule has 0 radical (unpaired) electrons. The Kier molecular flexibility index (Phi) is 5.29. The lowest BCUT2D eigenvalue weighted by molar-refractivity contribution is -0.113. The number of hydrogen-bond donors (Lipinski definition) is 2. The molecule has 7 heteroatoms. The van der Waals surface area contributed by atoms with Crippen molar-refractivity contribution in [3.8, 4) is 0 Å². The van der Waals surface area contributed by atoms with Crippen LogP contribution >= 0.6 is 11.8 Å². The molecule has 1 saturated heterocycles. The van der Waals surface area contributed by atoms with Crippen LogP contribution in [-0.2, 0) is 9.53 Å². The highest BCUT2D eigenvalue weighted by Gasteiger charge is 2.16. The molecule has 0 bridgehead atoms. The van der Waals surface area contributed by atoms with E-state index in [0.29, 0.717) is 0 Å². The van der Waals surface area contributed by atoms with Crippen molar-refractivity contribution in [3.05, 3.63) is 60.7 Å². The molecule has 0 spiro atoms. The molecular formula is C23H22N4O2S. The van der Waals surface area contributed by atoms with E-state index < -0.39 is 0 Å². The monoisotopic (exact) mass is 418 g/mol.